The summed E-state index contributed by atoms with van der Waals surface area (Å²) in [7, 11) is 3.29. The summed E-state index contributed by atoms with van der Waals surface area (Å²) in [5.74, 6) is -0.275. The Morgan fingerprint density at radius 3 is 2.10 bits per heavy atom. The molecule has 0 aliphatic rings. The Balaban J connectivity index is 4.39. The van der Waals surface area contributed by atoms with Gasteiger partial charge in [0.25, 0.3) is 0 Å². The summed E-state index contributed by atoms with van der Waals surface area (Å²) >= 11 is 0. The van der Waals surface area contributed by atoms with Crippen LogP contribution in [0.15, 0.2) is 0 Å². The molecule has 0 heterocycles. The average molecular weight is 574 g/mol. The quantitative estimate of drug-likeness (QED) is 0.135. The highest BCUT2D eigenvalue weighted by atomic mass is 16.5. The maximum Gasteiger partial charge on any atom is 0.242 e. The van der Waals surface area contributed by atoms with E-state index < -0.39 is 6.04 Å². The van der Waals surface area contributed by atoms with Crippen LogP contribution in [0.25, 0.3) is 0 Å². The summed E-state index contributed by atoms with van der Waals surface area (Å²) in [5.41, 5.74) is -0.332. The number of unbranched alkanes of at least 4 members (excludes halogenated alkanes) is 4. The maximum absolute atomic E-state index is 12.7. The van der Waals surface area contributed by atoms with Crippen LogP contribution in [0.5, 0.6) is 0 Å². The molecular formula is C30H59N3O7. The summed E-state index contributed by atoms with van der Waals surface area (Å²) in [6, 6.07) is -0.572. The molecule has 0 aliphatic heterocycles. The van der Waals surface area contributed by atoms with Gasteiger partial charge in [0.1, 0.15) is 6.04 Å². The lowest BCUT2D eigenvalue weighted by molar-refractivity contribution is -0.129. The number of amides is 3. The average Bonchev–Trinajstić information content (AvgIpc) is 2.86. The van der Waals surface area contributed by atoms with E-state index in [4.69, 9.17) is 18.9 Å². The van der Waals surface area contributed by atoms with E-state index in [1.54, 1.807) is 14.2 Å². The fourth-order valence-corrected chi connectivity index (χ4v) is 4.15. The highest BCUT2D eigenvalue weighted by molar-refractivity contribution is 5.87. The van der Waals surface area contributed by atoms with Crippen molar-refractivity contribution in [1.29, 1.82) is 0 Å². The molecular weight excluding hydrogens is 514 g/mol. The van der Waals surface area contributed by atoms with E-state index in [0.29, 0.717) is 72.0 Å². The van der Waals surface area contributed by atoms with Gasteiger partial charge in [-0.3, -0.25) is 14.4 Å². The minimum atomic E-state index is -0.572. The first-order valence-electron chi connectivity index (χ1n) is 14.9. The Bertz CT molecular complexity index is 686. The van der Waals surface area contributed by atoms with E-state index in [9.17, 15) is 14.4 Å². The summed E-state index contributed by atoms with van der Waals surface area (Å²) in [5, 5.41) is 8.76. The Hall–Kier alpha value is -1.75. The zero-order chi connectivity index (χ0) is 30.3. The zero-order valence-electron chi connectivity index (χ0n) is 26.5. The molecule has 3 N–H and O–H groups in total. The van der Waals surface area contributed by atoms with Crippen molar-refractivity contribution in [3.8, 4) is 0 Å². The molecule has 236 valence electrons. The van der Waals surface area contributed by atoms with Gasteiger partial charge in [0.05, 0.1) is 39.6 Å². The molecule has 0 saturated heterocycles. The Morgan fingerprint density at radius 1 is 0.700 bits per heavy atom. The Morgan fingerprint density at radius 2 is 1.43 bits per heavy atom. The van der Waals surface area contributed by atoms with Crippen molar-refractivity contribution >= 4 is 17.7 Å². The van der Waals surface area contributed by atoms with Crippen LogP contribution in [0.2, 0.25) is 0 Å². The SMILES string of the molecule is CCCCCC(=O)N[C@@H](CCCCCNC(=O)CC(C)(C)COCC(C)(C)COC)C(=O)NCCOCCOC. The maximum atomic E-state index is 12.7. The molecule has 3 amide bonds. The fraction of sp³-hybridized carbons (Fsp3) is 0.900. The third kappa shape index (κ3) is 22.0. The summed E-state index contributed by atoms with van der Waals surface area (Å²) in [6.07, 6.45) is 6.63. The standard InChI is InChI=1S/C30H59N3O7/c1-8-9-11-15-26(34)33-25(28(36)32-17-18-39-20-19-37-6)14-12-10-13-16-31-27(35)21-29(2,3)23-40-24-30(4,5)22-38-7/h25H,8-24H2,1-7H3,(H,31,35)(H,32,36)(H,33,34)/t25-/m0/s1. The van der Waals surface area contributed by atoms with Gasteiger partial charge >= 0.3 is 0 Å². The smallest absolute Gasteiger partial charge is 0.242 e. The lowest BCUT2D eigenvalue weighted by Gasteiger charge is -2.28. The largest absolute Gasteiger partial charge is 0.384 e. The third-order valence-corrected chi connectivity index (χ3v) is 6.29. The van der Waals surface area contributed by atoms with Gasteiger partial charge in [-0.25, -0.2) is 0 Å². The first-order valence-corrected chi connectivity index (χ1v) is 14.9. The van der Waals surface area contributed by atoms with E-state index in [1.165, 1.54) is 0 Å². The van der Waals surface area contributed by atoms with E-state index in [0.717, 1.165) is 38.5 Å². The predicted octanol–water partition coefficient (Wildman–Crippen LogP) is 3.61. The second-order valence-electron chi connectivity index (χ2n) is 12.1. The van der Waals surface area contributed by atoms with Gasteiger partial charge in [-0.2, -0.15) is 0 Å². The minimum Gasteiger partial charge on any atom is -0.384 e. The van der Waals surface area contributed by atoms with Gasteiger partial charge in [-0.05, 0) is 24.7 Å². The van der Waals surface area contributed by atoms with Crippen LogP contribution in [0.4, 0.5) is 0 Å². The second-order valence-corrected chi connectivity index (χ2v) is 12.1. The molecule has 0 fully saturated rings. The van der Waals surface area contributed by atoms with Crippen molar-refractivity contribution in [2.45, 2.75) is 98.4 Å². The van der Waals surface area contributed by atoms with Crippen molar-refractivity contribution in [3.63, 3.8) is 0 Å². The van der Waals surface area contributed by atoms with E-state index in [1.807, 2.05) is 13.8 Å². The van der Waals surface area contributed by atoms with Crippen molar-refractivity contribution in [2.24, 2.45) is 10.8 Å². The molecule has 0 aromatic carbocycles. The summed E-state index contributed by atoms with van der Waals surface area (Å²) in [6.45, 7) is 14.4. The van der Waals surface area contributed by atoms with E-state index in [-0.39, 0.29) is 28.6 Å². The number of hydrogen-bond donors (Lipinski definition) is 3. The van der Waals surface area contributed by atoms with Crippen LogP contribution < -0.4 is 16.0 Å². The van der Waals surface area contributed by atoms with Gasteiger partial charge < -0.3 is 34.9 Å². The number of carbonyl (C=O) groups is 3. The first kappa shape index (κ1) is 38.2. The molecule has 0 radical (unpaired) electrons. The van der Waals surface area contributed by atoms with Gasteiger partial charge in [-0.1, -0.05) is 60.3 Å². The highest BCUT2D eigenvalue weighted by Gasteiger charge is 2.25. The van der Waals surface area contributed by atoms with Gasteiger partial charge in [0, 0.05) is 45.6 Å². The number of ether oxygens (including phenoxy) is 4. The van der Waals surface area contributed by atoms with Crippen LogP contribution in [-0.4, -0.2) is 90.7 Å². The number of rotatable bonds is 26. The van der Waals surface area contributed by atoms with Crippen LogP contribution in [0.1, 0.15) is 92.4 Å². The second kappa shape index (κ2) is 22.9. The molecule has 0 spiro atoms. The number of carbonyl (C=O) groups excluding carboxylic acids is 3. The molecule has 0 aromatic rings. The zero-order valence-corrected chi connectivity index (χ0v) is 26.5. The van der Waals surface area contributed by atoms with Gasteiger partial charge in [0.2, 0.25) is 17.7 Å². The molecule has 0 aromatic heterocycles. The van der Waals surface area contributed by atoms with Crippen molar-refractivity contribution in [1.82, 2.24) is 16.0 Å². The molecule has 1 atom stereocenters. The molecule has 10 heteroatoms. The summed E-state index contributed by atoms with van der Waals surface area (Å²) < 4.78 is 21.4. The molecule has 0 bridgehead atoms. The normalized spacial score (nSPS) is 12.7. The molecule has 0 aliphatic carbocycles. The molecule has 0 saturated carbocycles. The fourth-order valence-electron chi connectivity index (χ4n) is 4.15. The van der Waals surface area contributed by atoms with E-state index >= 15 is 0 Å². The molecule has 0 rings (SSSR count). The van der Waals surface area contributed by atoms with Crippen LogP contribution in [0, 0.1) is 10.8 Å². The number of methoxy groups -OCH3 is 2. The van der Waals surface area contributed by atoms with Gasteiger partial charge in [-0.15, -0.1) is 0 Å². The van der Waals surface area contributed by atoms with Crippen molar-refractivity contribution < 1.29 is 33.3 Å². The number of hydrogen-bond acceptors (Lipinski definition) is 7. The minimum absolute atomic E-state index is 0.00840. The number of nitrogens with one attached hydrogen (secondary N) is 3. The van der Waals surface area contributed by atoms with E-state index in [2.05, 4.69) is 36.7 Å². The lowest BCUT2D eigenvalue weighted by Crippen LogP contribution is -2.47. The lowest BCUT2D eigenvalue weighted by atomic mass is 9.89. The first-order chi connectivity index (χ1) is 19.0. The van der Waals surface area contributed by atoms with Crippen molar-refractivity contribution in [3.05, 3.63) is 0 Å². The topological polar surface area (TPSA) is 124 Å². The highest BCUT2D eigenvalue weighted by Crippen LogP contribution is 2.23. The molecule has 10 nitrogen and oxygen atoms in total. The van der Waals surface area contributed by atoms with Crippen LogP contribution in [-0.2, 0) is 33.3 Å². The predicted molar refractivity (Wildman–Crippen MR) is 158 cm³/mol. The molecule has 40 heavy (non-hydrogen) atoms. The van der Waals surface area contributed by atoms with Gasteiger partial charge in [0.15, 0.2) is 0 Å². The third-order valence-electron chi connectivity index (χ3n) is 6.29. The monoisotopic (exact) mass is 573 g/mol. The van der Waals surface area contributed by atoms with Crippen molar-refractivity contribution in [2.75, 3.05) is 67.0 Å². The Labute approximate surface area is 243 Å². The van der Waals surface area contributed by atoms with Crippen LogP contribution in [0.3, 0.4) is 0 Å². The Kier molecular flexibility index (Phi) is 21.9. The molecule has 0 unspecified atom stereocenters. The summed E-state index contributed by atoms with van der Waals surface area (Å²) in [4.78, 5) is 37.5. The van der Waals surface area contributed by atoms with Crippen LogP contribution >= 0.6 is 0 Å².